The number of hydrogen-bond acceptors (Lipinski definition) is 4. The molecule has 29 heavy (non-hydrogen) atoms. The summed E-state index contributed by atoms with van der Waals surface area (Å²) in [4.78, 5) is 16.1. The molecule has 0 aliphatic heterocycles. The molecular weight excluding hydrogens is 371 g/mol. The van der Waals surface area contributed by atoms with Gasteiger partial charge in [-0.2, -0.15) is 5.10 Å². The van der Waals surface area contributed by atoms with Gasteiger partial charge in [0.05, 0.1) is 6.10 Å². The number of hydrogen-bond donors (Lipinski definition) is 1. The first-order valence-corrected chi connectivity index (χ1v) is 9.87. The van der Waals surface area contributed by atoms with Gasteiger partial charge in [0, 0.05) is 12.1 Å². The molecule has 0 atom stereocenters. The maximum atomic E-state index is 14.3. The van der Waals surface area contributed by atoms with Crippen molar-refractivity contribution in [3.63, 3.8) is 0 Å². The normalized spacial score (nSPS) is 14.1. The van der Waals surface area contributed by atoms with Crippen molar-refractivity contribution in [3.05, 3.63) is 66.5 Å². The van der Waals surface area contributed by atoms with Crippen molar-refractivity contribution >= 4 is 11.6 Å². The van der Waals surface area contributed by atoms with Crippen LogP contribution < -0.4 is 10.1 Å². The Hall–Kier alpha value is -3.22. The number of amides is 1. The molecule has 7 heteroatoms. The zero-order valence-corrected chi connectivity index (χ0v) is 16.1. The van der Waals surface area contributed by atoms with Gasteiger partial charge in [0.15, 0.2) is 5.82 Å². The monoisotopic (exact) mass is 394 g/mol. The number of aryl methyl sites for hydroxylation is 1. The molecule has 0 bridgehead atoms. The van der Waals surface area contributed by atoms with Gasteiger partial charge in [-0.1, -0.05) is 12.1 Å². The second kappa shape index (κ2) is 8.86. The van der Waals surface area contributed by atoms with Crippen molar-refractivity contribution in [2.75, 3.05) is 5.32 Å². The molecule has 1 aliphatic carbocycles. The summed E-state index contributed by atoms with van der Waals surface area (Å²) in [5.41, 5.74) is 1.73. The van der Waals surface area contributed by atoms with E-state index in [4.69, 9.17) is 4.74 Å². The molecule has 3 aromatic rings. The number of rotatable bonds is 7. The Morgan fingerprint density at radius 1 is 1.21 bits per heavy atom. The lowest BCUT2D eigenvalue weighted by Crippen LogP contribution is -2.13. The fourth-order valence-electron chi connectivity index (χ4n) is 3.56. The first kappa shape index (κ1) is 19.1. The van der Waals surface area contributed by atoms with E-state index in [1.807, 2.05) is 24.3 Å². The fraction of sp³-hybridized carbons (Fsp3) is 0.318. The number of anilines is 1. The maximum Gasteiger partial charge on any atom is 0.224 e. The van der Waals surface area contributed by atoms with Crippen LogP contribution in [0.4, 0.5) is 10.1 Å². The molecular formula is C22H23FN4O2. The van der Waals surface area contributed by atoms with Crippen LogP contribution in [-0.4, -0.2) is 26.8 Å². The van der Waals surface area contributed by atoms with Crippen LogP contribution in [0.1, 0.15) is 37.7 Å². The number of carbonyl (C=O) groups is 1. The highest BCUT2D eigenvalue weighted by molar-refractivity contribution is 5.90. The molecule has 4 rings (SSSR count). The topological polar surface area (TPSA) is 69.0 Å². The largest absolute Gasteiger partial charge is 0.490 e. The van der Waals surface area contributed by atoms with Gasteiger partial charge < -0.3 is 10.1 Å². The van der Waals surface area contributed by atoms with Crippen LogP contribution in [0.3, 0.4) is 0 Å². The van der Waals surface area contributed by atoms with E-state index in [0.29, 0.717) is 24.6 Å². The standard InChI is InChI=1S/C22H23FN4O2/c23-20-13-17(9-10-21(20)27-15-24-14-25-27)26-22(28)11-8-16-4-3-7-19(12-16)29-18-5-1-2-6-18/h3-4,7,9-10,12-15,18H,1-2,5-6,8,11H2,(H,26,28). The van der Waals surface area contributed by atoms with E-state index in [2.05, 4.69) is 15.4 Å². The second-order valence-corrected chi connectivity index (χ2v) is 7.23. The summed E-state index contributed by atoms with van der Waals surface area (Å²) in [7, 11) is 0. The van der Waals surface area contributed by atoms with Crippen molar-refractivity contribution in [1.29, 1.82) is 0 Å². The van der Waals surface area contributed by atoms with Crippen LogP contribution in [0.2, 0.25) is 0 Å². The highest BCUT2D eigenvalue weighted by Gasteiger charge is 2.16. The Morgan fingerprint density at radius 3 is 2.83 bits per heavy atom. The van der Waals surface area contributed by atoms with Gasteiger partial charge in [0.25, 0.3) is 0 Å². The Morgan fingerprint density at radius 2 is 2.07 bits per heavy atom. The highest BCUT2D eigenvalue weighted by Crippen LogP contribution is 2.25. The van der Waals surface area contributed by atoms with E-state index in [1.165, 1.54) is 36.2 Å². The van der Waals surface area contributed by atoms with E-state index in [9.17, 15) is 9.18 Å². The Bertz CT molecular complexity index is 969. The number of aromatic nitrogens is 3. The number of halogens is 1. The van der Waals surface area contributed by atoms with Crippen LogP contribution in [0.15, 0.2) is 55.1 Å². The summed E-state index contributed by atoms with van der Waals surface area (Å²) in [6, 6.07) is 12.4. The summed E-state index contributed by atoms with van der Waals surface area (Å²) >= 11 is 0. The third-order valence-electron chi connectivity index (χ3n) is 5.04. The first-order chi connectivity index (χ1) is 14.2. The van der Waals surface area contributed by atoms with Gasteiger partial charge in [0.1, 0.15) is 24.1 Å². The molecule has 0 unspecified atom stereocenters. The van der Waals surface area contributed by atoms with E-state index < -0.39 is 5.82 Å². The molecule has 1 aliphatic rings. The smallest absolute Gasteiger partial charge is 0.224 e. The predicted molar refractivity (Wildman–Crippen MR) is 108 cm³/mol. The minimum atomic E-state index is -0.481. The number of nitrogens with one attached hydrogen (secondary N) is 1. The number of benzene rings is 2. The van der Waals surface area contributed by atoms with E-state index in [1.54, 1.807) is 12.1 Å². The lowest BCUT2D eigenvalue weighted by Gasteiger charge is -2.14. The van der Waals surface area contributed by atoms with Crippen LogP contribution in [0.25, 0.3) is 5.69 Å². The third-order valence-corrected chi connectivity index (χ3v) is 5.04. The Balaban J connectivity index is 1.31. The zero-order chi connectivity index (χ0) is 20.1. The fourth-order valence-corrected chi connectivity index (χ4v) is 3.56. The van der Waals surface area contributed by atoms with Crippen molar-refractivity contribution in [1.82, 2.24) is 14.8 Å². The molecule has 1 saturated carbocycles. The number of ether oxygens (including phenoxy) is 1. The first-order valence-electron chi connectivity index (χ1n) is 9.87. The summed E-state index contributed by atoms with van der Waals surface area (Å²) < 4.78 is 21.6. The molecule has 0 radical (unpaired) electrons. The summed E-state index contributed by atoms with van der Waals surface area (Å²) in [5, 5.41) is 6.65. The SMILES string of the molecule is O=C(CCc1cccc(OC2CCCC2)c1)Nc1ccc(-n2cncn2)c(F)c1. The molecule has 1 fully saturated rings. The summed E-state index contributed by atoms with van der Waals surface area (Å²) in [6.45, 7) is 0. The van der Waals surface area contributed by atoms with Gasteiger partial charge in [-0.3, -0.25) is 4.79 Å². The molecule has 6 nitrogen and oxygen atoms in total. The lowest BCUT2D eigenvalue weighted by atomic mass is 10.1. The molecule has 1 amide bonds. The molecule has 150 valence electrons. The molecule has 1 N–H and O–H groups in total. The number of carbonyl (C=O) groups excluding carboxylic acids is 1. The average molecular weight is 394 g/mol. The number of nitrogens with zero attached hydrogens (tertiary/aromatic N) is 3. The third kappa shape index (κ3) is 4.99. The summed E-state index contributed by atoms with van der Waals surface area (Å²) in [6.07, 6.45) is 8.63. The van der Waals surface area contributed by atoms with Crippen molar-refractivity contribution < 1.29 is 13.9 Å². The van der Waals surface area contributed by atoms with Gasteiger partial charge in [-0.05, 0) is 68.0 Å². The molecule has 1 heterocycles. The predicted octanol–water partition coefficient (Wildman–Crippen LogP) is 4.30. The summed E-state index contributed by atoms with van der Waals surface area (Å²) in [5.74, 6) is 0.214. The van der Waals surface area contributed by atoms with Crippen molar-refractivity contribution in [2.24, 2.45) is 0 Å². The van der Waals surface area contributed by atoms with Crippen LogP contribution in [-0.2, 0) is 11.2 Å². The van der Waals surface area contributed by atoms with Crippen molar-refractivity contribution in [3.8, 4) is 11.4 Å². The van der Waals surface area contributed by atoms with Crippen LogP contribution in [0.5, 0.6) is 5.75 Å². The Kier molecular flexibility index (Phi) is 5.84. The molecule has 1 aromatic heterocycles. The van der Waals surface area contributed by atoms with E-state index in [-0.39, 0.29) is 11.6 Å². The van der Waals surface area contributed by atoms with E-state index in [0.717, 1.165) is 24.2 Å². The van der Waals surface area contributed by atoms with Crippen LogP contribution in [0, 0.1) is 5.82 Å². The maximum absolute atomic E-state index is 14.3. The molecule has 0 spiro atoms. The Labute approximate surface area is 168 Å². The zero-order valence-electron chi connectivity index (χ0n) is 16.1. The quantitative estimate of drug-likeness (QED) is 0.649. The molecule has 0 saturated heterocycles. The lowest BCUT2D eigenvalue weighted by molar-refractivity contribution is -0.116. The van der Waals surface area contributed by atoms with Gasteiger partial charge in [0.2, 0.25) is 5.91 Å². The minimum absolute atomic E-state index is 0.167. The van der Waals surface area contributed by atoms with Gasteiger partial charge >= 0.3 is 0 Å². The highest BCUT2D eigenvalue weighted by atomic mass is 19.1. The van der Waals surface area contributed by atoms with Crippen LogP contribution >= 0.6 is 0 Å². The second-order valence-electron chi connectivity index (χ2n) is 7.23. The van der Waals surface area contributed by atoms with Crippen molar-refractivity contribution in [2.45, 2.75) is 44.6 Å². The minimum Gasteiger partial charge on any atom is -0.490 e. The van der Waals surface area contributed by atoms with Gasteiger partial charge in [-0.15, -0.1) is 0 Å². The molecule has 2 aromatic carbocycles. The average Bonchev–Trinajstić information content (AvgIpc) is 3.41. The van der Waals surface area contributed by atoms with Gasteiger partial charge in [-0.25, -0.2) is 14.1 Å². The van der Waals surface area contributed by atoms with E-state index >= 15 is 0 Å².